The van der Waals surface area contributed by atoms with Gasteiger partial charge >= 0.3 is 0 Å². The van der Waals surface area contributed by atoms with Gasteiger partial charge in [0.1, 0.15) is 5.82 Å². The summed E-state index contributed by atoms with van der Waals surface area (Å²) in [6, 6.07) is 4.26. The van der Waals surface area contributed by atoms with Crippen LogP contribution in [0.25, 0.3) is 5.65 Å². The van der Waals surface area contributed by atoms with Gasteiger partial charge in [-0.2, -0.15) is 9.61 Å². The molecule has 3 heterocycles. The standard InChI is InChI=1S/C17H24N6/c1-5-13-10-16(23-15(20-13)6-7-19-23)21-14(17(2,3)4)11-22-9-8-18-12-22/h6-10,12,14,21H,5,11H2,1-4H3/t14-/m1/s1. The number of aryl methyl sites for hydroxylation is 1. The van der Waals surface area contributed by atoms with E-state index in [-0.39, 0.29) is 11.5 Å². The first kappa shape index (κ1) is 15.5. The van der Waals surface area contributed by atoms with Gasteiger partial charge in [-0.3, -0.25) is 0 Å². The maximum atomic E-state index is 4.60. The fourth-order valence-corrected chi connectivity index (χ4v) is 2.57. The lowest BCUT2D eigenvalue weighted by Gasteiger charge is -2.32. The van der Waals surface area contributed by atoms with Crippen LogP contribution in [0.5, 0.6) is 0 Å². The second kappa shape index (κ2) is 6.02. The number of nitrogens with zero attached hydrogens (tertiary/aromatic N) is 5. The van der Waals surface area contributed by atoms with E-state index in [9.17, 15) is 0 Å². The molecule has 6 heteroatoms. The molecule has 0 amide bonds. The van der Waals surface area contributed by atoms with Gasteiger partial charge in [0.05, 0.1) is 18.6 Å². The summed E-state index contributed by atoms with van der Waals surface area (Å²) in [4.78, 5) is 8.75. The van der Waals surface area contributed by atoms with Gasteiger partial charge in [0.15, 0.2) is 5.65 Å². The van der Waals surface area contributed by atoms with E-state index in [0.717, 1.165) is 30.1 Å². The Balaban J connectivity index is 1.94. The molecule has 122 valence electrons. The van der Waals surface area contributed by atoms with Crippen LogP contribution in [0.15, 0.2) is 37.1 Å². The minimum absolute atomic E-state index is 0.0827. The number of aromatic nitrogens is 5. The molecule has 0 aliphatic carbocycles. The number of nitrogens with one attached hydrogen (secondary N) is 1. The fourth-order valence-electron chi connectivity index (χ4n) is 2.57. The van der Waals surface area contributed by atoms with Crippen molar-refractivity contribution < 1.29 is 0 Å². The molecule has 3 aromatic rings. The second-order valence-electron chi connectivity index (χ2n) is 6.91. The zero-order chi connectivity index (χ0) is 16.4. The van der Waals surface area contributed by atoms with Crippen LogP contribution < -0.4 is 5.32 Å². The van der Waals surface area contributed by atoms with E-state index in [2.05, 4.69) is 58.7 Å². The van der Waals surface area contributed by atoms with Crippen molar-refractivity contribution in [1.29, 1.82) is 0 Å². The van der Waals surface area contributed by atoms with Gasteiger partial charge in [0.25, 0.3) is 0 Å². The number of anilines is 1. The molecule has 3 aromatic heterocycles. The number of hydrogen-bond acceptors (Lipinski definition) is 4. The summed E-state index contributed by atoms with van der Waals surface area (Å²) in [6.07, 6.45) is 8.35. The van der Waals surface area contributed by atoms with E-state index >= 15 is 0 Å². The van der Waals surface area contributed by atoms with Crippen molar-refractivity contribution in [1.82, 2.24) is 24.1 Å². The van der Waals surface area contributed by atoms with Gasteiger partial charge in [-0.1, -0.05) is 27.7 Å². The molecule has 0 fully saturated rings. The Morgan fingerprint density at radius 2 is 2.09 bits per heavy atom. The molecule has 0 unspecified atom stereocenters. The van der Waals surface area contributed by atoms with Crippen LogP contribution >= 0.6 is 0 Å². The smallest absolute Gasteiger partial charge is 0.157 e. The molecule has 0 aliphatic heterocycles. The van der Waals surface area contributed by atoms with Crippen LogP contribution in [0.3, 0.4) is 0 Å². The van der Waals surface area contributed by atoms with Crippen LogP contribution in [0.2, 0.25) is 0 Å². The lowest BCUT2D eigenvalue weighted by Crippen LogP contribution is -2.38. The molecule has 0 aromatic carbocycles. The highest BCUT2D eigenvalue weighted by Crippen LogP contribution is 2.25. The van der Waals surface area contributed by atoms with Crippen molar-refractivity contribution in [2.24, 2.45) is 5.41 Å². The zero-order valence-corrected chi connectivity index (χ0v) is 14.2. The monoisotopic (exact) mass is 312 g/mol. The summed E-state index contributed by atoms with van der Waals surface area (Å²) >= 11 is 0. The van der Waals surface area contributed by atoms with Crippen LogP contribution in [0, 0.1) is 5.41 Å². The van der Waals surface area contributed by atoms with Crippen molar-refractivity contribution >= 4 is 11.5 Å². The minimum Gasteiger partial charge on any atom is -0.365 e. The van der Waals surface area contributed by atoms with E-state index < -0.39 is 0 Å². The highest BCUT2D eigenvalue weighted by Gasteiger charge is 2.26. The molecule has 0 radical (unpaired) electrons. The highest BCUT2D eigenvalue weighted by molar-refractivity contribution is 5.49. The maximum absolute atomic E-state index is 4.60. The first-order valence-corrected chi connectivity index (χ1v) is 8.03. The molecule has 0 saturated heterocycles. The summed E-state index contributed by atoms with van der Waals surface area (Å²) in [5.41, 5.74) is 2.03. The van der Waals surface area contributed by atoms with Gasteiger partial charge in [-0.15, -0.1) is 0 Å². The van der Waals surface area contributed by atoms with Gasteiger partial charge in [-0.25, -0.2) is 9.97 Å². The third-order valence-corrected chi connectivity index (χ3v) is 4.09. The molecule has 0 spiro atoms. The van der Waals surface area contributed by atoms with Crippen LogP contribution in [-0.2, 0) is 13.0 Å². The lowest BCUT2D eigenvalue weighted by molar-refractivity contribution is 0.310. The Hall–Kier alpha value is -2.37. The third-order valence-electron chi connectivity index (χ3n) is 4.09. The van der Waals surface area contributed by atoms with Crippen molar-refractivity contribution in [3.8, 4) is 0 Å². The van der Waals surface area contributed by atoms with Gasteiger partial charge < -0.3 is 9.88 Å². The van der Waals surface area contributed by atoms with E-state index in [1.165, 1.54) is 0 Å². The van der Waals surface area contributed by atoms with Crippen molar-refractivity contribution in [2.45, 2.75) is 46.7 Å². The van der Waals surface area contributed by atoms with Crippen LogP contribution in [0.4, 0.5) is 5.82 Å². The normalized spacial score (nSPS) is 13.4. The Labute approximate surface area is 136 Å². The zero-order valence-electron chi connectivity index (χ0n) is 14.2. The Morgan fingerprint density at radius 1 is 1.26 bits per heavy atom. The third kappa shape index (κ3) is 3.36. The number of rotatable bonds is 5. The predicted molar refractivity (Wildman–Crippen MR) is 91.5 cm³/mol. The van der Waals surface area contributed by atoms with Crippen molar-refractivity contribution in [3.05, 3.63) is 42.7 Å². The van der Waals surface area contributed by atoms with Crippen molar-refractivity contribution in [2.75, 3.05) is 5.32 Å². The number of fused-ring (bicyclic) bond motifs is 1. The lowest BCUT2D eigenvalue weighted by atomic mass is 9.86. The van der Waals surface area contributed by atoms with E-state index in [1.54, 1.807) is 6.20 Å². The SMILES string of the molecule is CCc1cc(N[C@H](Cn2ccnc2)C(C)(C)C)n2nccc2n1. The minimum atomic E-state index is 0.0827. The highest BCUT2D eigenvalue weighted by atomic mass is 15.3. The largest absolute Gasteiger partial charge is 0.365 e. The maximum Gasteiger partial charge on any atom is 0.157 e. The molecule has 0 saturated carbocycles. The summed E-state index contributed by atoms with van der Waals surface area (Å²) in [6.45, 7) is 9.68. The molecule has 0 bridgehead atoms. The van der Waals surface area contributed by atoms with E-state index in [1.807, 2.05) is 29.3 Å². The molecular formula is C17H24N6. The molecular weight excluding hydrogens is 288 g/mol. The molecule has 1 N–H and O–H groups in total. The number of imidazole rings is 1. The summed E-state index contributed by atoms with van der Waals surface area (Å²) in [7, 11) is 0. The Morgan fingerprint density at radius 3 is 2.74 bits per heavy atom. The predicted octanol–water partition coefficient (Wildman–Crippen LogP) is 3.02. The van der Waals surface area contributed by atoms with Crippen molar-refractivity contribution in [3.63, 3.8) is 0 Å². The summed E-state index contributed by atoms with van der Waals surface area (Å²) in [5, 5.41) is 8.07. The van der Waals surface area contributed by atoms with Crippen LogP contribution in [-0.4, -0.2) is 30.2 Å². The topological polar surface area (TPSA) is 60.0 Å². The Bertz CT molecular complexity index is 766. The van der Waals surface area contributed by atoms with Gasteiger partial charge in [0.2, 0.25) is 0 Å². The molecule has 3 rings (SSSR count). The second-order valence-corrected chi connectivity index (χ2v) is 6.91. The first-order chi connectivity index (χ1) is 11.0. The average molecular weight is 312 g/mol. The quantitative estimate of drug-likeness (QED) is 0.787. The van der Waals surface area contributed by atoms with E-state index in [0.29, 0.717) is 0 Å². The average Bonchev–Trinajstić information content (AvgIpc) is 3.16. The van der Waals surface area contributed by atoms with Crippen LogP contribution in [0.1, 0.15) is 33.4 Å². The molecule has 6 nitrogen and oxygen atoms in total. The van der Waals surface area contributed by atoms with E-state index in [4.69, 9.17) is 0 Å². The van der Waals surface area contributed by atoms with Gasteiger partial charge in [-0.05, 0) is 11.8 Å². The Kier molecular flexibility index (Phi) is 4.07. The summed E-state index contributed by atoms with van der Waals surface area (Å²) < 4.78 is 3.97. The molecule has 23 heavy (non-hydrogen) atoms. The first-order valence-electron chi connectivity index (χ1n) is 8.03. The molecule has 1 atom stereocenters. The van der Waals surface area contributed by atoms with Gasteiger partial charge in [0, 0.05) is 36.8 Å². The molecule has 0 aliphatic rings. The summed E-state index contributed by atoms with van der Waals surface area (Å²) in [5.74, 6) is 0.983. The number of hydrogen-bond donors (Lipinski definition) is 1. The fraction of sp³-hybridized carbons (Fsp3) is 0.471.